The Morgan fingerprint density at radius 1 is 1.25 bits per heavy atom. The molecule has 0 aromatic heterocycles. The van der Waals surface area contributed by atoms with E-state index in [1.165, 1.54) is 0 Å². The molecule has 1 rings (SSSR count). The first-order valence-corrected chi connectivity index (χ1v) is 6.80. The van der Waals surface area contributed by atoms with Gasteiger partial charge in [0.25, 0.3) is 0 Å². The normalized spacial score (nSPS) is 13.7. The number of aliphatic hydroxyl groups excluding tert-OH is 1. The summed E-state index contributed by atoms with van der Waals surface area (Å²) in [6.07, 6.45) is -0.735. The summed E-state index contributed by atoms with van der Waals surface area (Å²) in [5.74, 6) is 1.10. The van der Waals surface area contributed by atoms with Gasteiger partial charge in [-0.1, -0.05) is 26.0 Å². The molecule has 0 spiro atoms. The van der Waals surface area contributed by atoms with E-state index < -0.39 is 6.10 Å². The van der Waals surface area contributed by atoms with Gasteiger partial charge in [-0.2, -0.15) is 0 Å². The number of amides is 2. The van der Waals surface area contributed by atoms with Crippen LogP contribution in [0.4, 0.5) is 4.79 Å². The zero-order valence-corrected chi connectivity index (χ0v) is 12.5. The van der Waals surface area contributed by atoms with Crippen molar-refractivity contribution in [3.8, 4) is 5.75 Å². The largest absolute Gasteiger partial charge is 0.497 e. The van der Waals surface area contributed by atoms with Gasteiger partial charge < -0.3 is 20.5 Å². The summed E-state index contributed by atoms with van der Waals surface area (Å²) < 4.78 is 5.05. The van der Waals surface area contributed by atoms with Gasteiger partial charge in [-0.05, 0) is 30.5 Å². The molecule has 0 saturated carbocycles. The van der Waals surface area contributed by atoms with Crippen LogP contribution < -0.4 is 15.4 Å². The highest BCUT2D eigenvalue weighted by Gasteiger charge is 2.12. The molecule has 2 atom stereocenters. The molecule has 0 radical (unpaired) electrons. The third kappa shape index (κ3) is 5.09. The number of rotatable bonds is 6. The molecule has 2 amide bonds. The van der Waals surface area contributed by atoms with E-state index in [1.54, 1.807) is 31.4 Å². The molecule has 0 aliphatic heterocycles. The summed E-state index contributed by atoms with van der Waals surface area (Å²) in [5.41, 5.74) is 0.739. The van der Waals surface area contributed by atoms with Crippen LogP contribution in [-0.2, 0) is 0 Å². The van der Waals surface area contributed by atoms with E-state index in [4.69, 9.17) is 4.74 Å². The van der Waals surface area contributed by atoms with E-state index in [1.807, 2.05) is 20.8 Å². The van der Waals surface area contributed by atoms with Gasteiger partial charge in [0.1, 0.15) is 5.75 Å². The van der Waals surface area contributed by atoms with E-state index >= 15 is 0 Å². The Bertz CT molecular complexity index is 418. The first-order valence-electron chi connectivity index (χ1n) is 6.80. The monoisotopic (exact) mass is 280 g/mol. The molecule has 0 fully saturated rings. The van der Waals surface area contributed by atoms with E-state index in [2.05, 4.69) is 10.6 Å². The molecule has 2 unspecified atom stereocenters. The zero-order valence-electron chi connectivity index (χ0n) is 12.5. The van der Waals surface area contributed by atoms with Crippen LogP contribution in [0.25, 0.3) is 0 Å². The lowest BCUT2D eigenvalue weighted by Gasteiger charge is -2.19. The molecule has 112 valence electrons. The molecule has 0 aliphatic rings. The second-order valence-corrected chi connectivity index (χ2v) is 5.18. The predicted molar refractivity (Wildman–Crippen MR) is 78.8 cm³/mol. The molecular formula is C15H24N2O3. The maximum Gasteiger partial charge on any atom is 0.315 e. The van der Waals surface area contributed by atoms with Crippen LogP contribution in [0.3, 0.4) is 0 Å². The summed E-state index contributed by atoms with van der Waals surface area (Å²) in [5, 5.41) is 15.5. The average Bonchev–Trinajstić information content (AvgIpc) is 2.44. The highest BCUT2D eigenvalue weighted by Crippen LogP contribution is 2.16. The van der Waals surface area contributed by atoms with Crippen molar-refractivity contribution in [3.05, 3.63) is 29.8 Å². The Labute approximate surface area is 120 Å². The standard InChI is InChI=1S/C15H24N2O3/c1-10(2)11(3)17-15(19)16-9-14(18)12-5-7-13(20-4)8-6-12/h5-8,10-11,14,18H,9H2,1-4H3,(H2,16,17,19). The van der Waals surface area contributed by atoms with E-state index in [-0.39, 0.29) is 18.6 Å². The fourth-order valence-corrected chi connectivity index (χ4v) is 1.56. The molecule has 0 saturated heterocycles. The molecule has 20 heavy (non-hydrogen) atoms. The second kappa shape index (κ2) is 7.75. The lowest BCUT2D eigenvalue weighted by Crippen LogP contribution is -2.44. The fourth-order valence-electron chi connectivity index (χ4n) is 1.56. The van der Waals surface area contributed by atoms with Crippen molar-refractivity contribution in [2.45, 2.75) is 32.9 Å². The van der Waals surface area contributed by atoms with E-state index in [9.17, 15) is 9.90 Å². The van der Waals surface area contributed by atoms with Crippen molar-refractivity contribution in [3.63, 3.8) is 0 Å². The van der Waals surface area contributed by atoms with Crippen LogP contribution in [0.2, 0.25) is 0 Å². The quantitative estimate of drug-likeness (QED) is 0.747. The molecule has 0 aliphatic carbocycles. The summed E-state index contributed by atoms with van der Waals surface area (Å²) in [6.45, 7) is 6.20. The number of carbonyl (C=O) groups is 1. The highest BCUT2D eigenvalue weighted by molar-refractivity contribution is 5.74. The van der Waals surface area contributed by atoms with Crippen LogP contribution in [0, 0.1) is 5.92 Å². The Kier molecular flexibility index (Phi) is 6.31. The predicted octanol–water partition coefficient (Wildman–Crippen LogP) is 2.07. The van der Waals surface area contributed by atoms with Crippen molar-refractivity contribution >= 4 is 6.03 Å². The van der Waals surface area contributed by atoms with Crippen LogP contribution in [0.1, 0.15) is 32.4 Å². The number of ether oxygens (including phenoxy) is 1. The minimum absolute atomic E-state index is 0.0909. The lowest BCUT2D eigenvalue weighted by atomic mass is 10.1. The highest BCUT2D eigenvalue weighted by atomic mass is 16.5. The SMILES string of the molecule is COc1ccc(C(O)CNC(=O)NC(C)C(C)C)cc1. The number of hydrogen-bond acceptors (Lipinski definition) is 3. The van der Waals surface area contributed by atoms with Crippen molar-refractivity contribution in [1.29, 1.82) is 0 Å². The molecule has 5 heteroatoms. The van der Waals surface area contributed by atoms with Gasteiger partial charge >= 0.3 is 6.03 Å². The summed E-state index contributed by atoms with van der Waals surface area (Å²) in [4.78, 5) is 11.6. The van der Waals surface area contributed by atoms with E-state index in [0.717, 1.165) is 11.3 Å². The number of nitrogens with one attached hydrogen (secondary N) is 2. The van der Waals surface area contributed by atoms with Crippen molar-refractivity contribution in [2.24, 2.45) is 5.92 Å². The Morgan fingerprint density at radius 2 is 1.85 bits per heavy atom. The van der Waals surface area contributed by atoms with Gasteiger partial charge in [-0.15, -0.1) is 0 Å². The summed E-state index contributed by atoms with van der Waals surface area (Å²) in [7, 11) is 1.59. The third-order valence-corrected chi connectivity index (χ3v) is 3.32. The molecule has 0 heterocycles. The Morgan fingerprint density at radius 3 is 2.35 bits per heavy atom. The van der Waals surface area contributed by atoms with Crippen molar-refractivity contribution in [1.82, 2.24) is 10.6 Å². The Balaban J connectivity index is 2.42. The lowest BCUT2D eigenvalue weighted by molar-refractivity contribution is 0.172. The van der Waals surface area contributed by atoms with Gasteiger partial charge in [0.2, 0.25) is 0 Å². The number of carbonyl (C=O) groups excluding carboxylic acids is 1. The topological polar surface area (TPSA) is 70.6 Å². The van der Waals surface area contributed by atoms with Crippen molar-refractivity contribution in [2.75, 3.05) is 13.7 Å². The van der Waals surface area contributed by atoms with Gasteiger partial charge in [0.05, 0.1) is 13.2 Å². The smallest absolute Gasteiger partial charge is 0.315 e. The van der Waals surface area contributed by atoms with Crippen molar-refractivity contribution < 1.29 is 14.6 Å². The van der Waals surface area contributed by atoms with Gasteiger partial charge in [-0.3, -0.25) is 0 Å². The molecule has 1 aromatic carbocycles. The van der Waals surface area contributed by atoms with E-state index in [0.29, 0.717) is 5.92 Å². The maximum atomic E-state index is 11.6. The number of benzene rings is 1. The number of aliphatic hydroxyl groups is 1. The molecule has 0 bridgehead atoms. The fraction of sp³-hybridized carbons (Fsp3) is 0.533. The molecule has 1 aromatic rings. The molecular weight excluding hydrogens is 256 g/mol. The first kappa shape index (κ1) is 16.3. The van der Waals surface area contributed by atoms with Crippen LogP contribution >= 0.6 is 0 Å². The second-order valence-electron chi connectivity index (χ2n) is 5.18. The van der Waals surface area contributed by atoms with Gasteiger partial charge in [0.15, 0.2) is 0 Å². The molecule has 5 nitrogen and oxygen atoms in total. The maximum absolute atomic E-state index is 11.6. The van der Waals surface area contributed by atoms with Gasteiger partial charge in [-0.25, -0.2) is 4.79 Å². The number of methoxy groups -OCH3 is 1. The van der Waals surface area contributed by atoms with Crippen LogP contribution in [-0.4, -0.2) is 30.8 Å². The summed E-state index contributed by atoms with van der Waals surface area (Å²) >= 11 is 0. The average molecular weight is 280 g/mol. The minimum atomic E-state index is -0.735. The number of hydrogen-bond donors (Lipinski definition) is 3. The Hall–Kier alpha value is -1.75. The zero-order chi connectivity index (χ0) is 15.1. The van der Waals surface area contributed by atoms with Crippen LogP contribution in [0.15, 0.2) is 24.3 Å². The molecule has 3 N–H and O–H groups in total. The van der Waals surface area contributed by atoms with Gasteiger partial charge in [0, 0.05) is 12.6 Å². The summed E-state index contributed by atoms with van der Waals surface area (Å²) in [6, 6.07) is 6.94. The number of urea groups is 1. The first-order chi connectivity index (χ1) is 9.43. The third-order valence-electron chi connectivity index (χ3n) is 3.32. The minimum Gasteiger partial charge on any atom is -0.497 e. The van der Waals surface area contributed by atoms with Crippen LogP contribution in [0.5, 0.6) is 5.75 Å².